The van der Waals surface area contributed by atoms with Crippen LogP contribution in [0.1, 0.15) is 11.1 Å². The lowest BCUT2D eigenvalue weighted by Gasteiger charge is -2.12. The third-order valence-electron chi connectivity index (χ3n) is 5.28. The second kappa shape index (κ2) is 8.30. The molecular formula is C28H22O2. The fraction of sp³-hybridized carbons (Fsp3) is 0.0714. The maximum atomic E-state index is 6.14. The van der Waals surface area contributed by atoms with Gasteiger partial charge in [-0.15, -0.1) is 0 Å². The van der Waals surface area contributed by atoms with Gasteiger partial charge in [0.2, 0.25) is 0 Å². The average molecular weight is 390 g/mol. The predicted octanol–water partition coefficient (Wildman–Crippen LogP) is 7.15. The fourth-order valence-electron chi connectivity index (χ4n) is 3.77. The number of benzene rings is 5. The molecule has 0 aliphatic carbocycles. The summed E-state index contributed by atoms with van der Waals surface area (Å²) in [5, 5.41) is 4.64. The van der Waals surface area contributed by atoms with E-state index in [9.17, 15) is 0 Å². The van der Waals surface area contributed by atoms with Crippen molar-refractivity contribution in [2.75, 3.05) is 0 Å². The summed E-state index contributed by atoms with van der Waals surface area (Å²) in [6.07, 6.45) is 0. The molecule has 0 spiro atoms. The van der Waals surface area contributed by atoms with Gasteiger partial charge in [-0.2, -0.15) is 0 Å². The molecule has 30 heavy (non-hydrogen) atoms. The Morgan fingerprint density at radius 1 is 0.433 bits per heavy atom. The molecule has 5 aromatic rings. The molecule has 0 fully saturated rings. The highest BCUT2D eigenvalue weighted by atomic mass is 16.5. The van der Waals surface area contributed by atoms with Gasteiger partial charge < -0.3 is 9.47 Å². The molecule has 0 aromatic heterocycles. The SMILES string of the molecule is c1cc(COc2cccc3ccccc23)cc(COc2cccc3ccccc23)c1. The largest absolute Gasteiger partial charge is 0.488 e. The van der Waals surface area contributed by atoms with Gasteiger partial charge in [0.25, 0.3) is 0 Å². The normalized spacial score (nSPS) is 10.9. The van der Waals surface area contributed by atoms with Gasteiger partial charge in [0.05, 0.1) is 0 Å². The van der Waals surface area contributed by atoms with Gasteiger partial charge in [0, 0.05) is 10.8 Å². The van der Waals surface area contributed by atoms with Crippen molar-refractivity contribution in [2.45, 2.75) is 13.2 Å². The molecule has 0 unspecified atom stereocenters. The van der Waals surface area contributed by atoms with Crippen molar-refractivity contribution in [2.24, 2.45) is 0 Å². The Morgan fingerprint density at radius 3 is 1.40 bits per heavy atom. The minimum Gasteiger partial charge on any atom is -0.488 e. The van der Waals surface area contributed by atoms with E-state index in [2.05, 4.69) is 60.7 Å². The standard InChI is InChI=1S/C28H22O2/c1-3-14-25-23(10-1)12-6-16-27(25)29-19-21-8-5-9-22(18-21)20-30-28-17-7-13-24-11-2-4-15-26(24)28/h1-18H,19-20H2. The van der Waals surface area contributed by atoms with E-state index in [1.165, 1.54) is 10.8 Å². The number of hydrogen-bond acceptors (Lipinski definition) is 2. The average Bonchev–Trinajstić information content (AvgIpc) is 2.81. The van der Waals surface area contributed by atoms with Crippen LogP contribution >= 0.6 is 0 Å². The van der Waals surface area contributed by atoms with Gasteiger partial charge >= 0.3 is 0 Å². The summed E-state index contributed by atoms with van der Waals surface area (Å²) >= 11 is 0. The van der Waals surface area contributed by atoms with Crippen molar-refractivity contribution in [1.29, 1.82) is 0 Å². The highest BCUT2D eigenvalue weighted by molar-refractivity contribution is 5.88. The summed E-state index contributed by atoms with van der Waals surface area (Å²) in [5.74, 6) is 1.82. The third kappa shape index (κ3) is 3.85. The van der Waals surface area contributed by atoms with Crippen LogP contribution in [0.3, 0.4) is 0 Å². The van der Waals surface area contributed by atoms with Crippen molar-refractivity contribution >= 4 is 21.5 Å². The van der Waals surface area contributed by atoms with Crippen molar-refractivity contribution in [3.8, 4) is 11.5 Å². The second-order valence-electron chi connectivity index (χ2n) is 7.35. The zero-order valence-electron chi connectivity index (χ0n) is 16.6. The van der Waals surface area contributed by atoms with Crippen LogP contribution in [0.2, 0.25) is 0 Å². The van der Waals surface area contributed by atoms with Crippen molar-refractivity contribution in [3.63, 3.8) is 0 Å². The lowest BCUT2D eigenvalue weighted by Crippen LogP contribution is -2.00. The predicted molar refractivity (Wildman–Crippen MR) is 123 cm³/mol. The summed E-state index contributed by atoms with van der Waals surface area (Å²) in [7, 11) is 0. The first-order valence-electron chi connectivity index (χ1n) is 10.2. The zero-order chi connectivity index (χ0) is 20.2. The summed E-state index contributed by atoms with van der Waals surface area (Å²) in [4.78, 5) is 0. The molecule has 0 atom stereocenters. The summed E-state index contributed by atoms with van der Waals surface area (Å²) in [6.45, 7) is 1.05. The Morgan fingerprint density at radius 2 is 0.867 bits per heavy atom. The smallest absolute Gasteiger partial charge is 0.127 e. The van der Waals surface area contributed by atoms with Gasteiger partial charge in [-0.3, -0.25) is 0 Å². The van der Waals surface area contributed by atoms with Crippen molar-refractivity contribution in [1.82, 2.24) is 0 Å². The molecule has 5 aromatic carbocycles. The van der Waals surface area contributed by atoms with E-state index in [-0.39, 0.29) is 0 Å². The van der Waals surface area contributed by atoms with E-state index in [0.717, 1.165) is 33.4 Å². The Bertz CT molecular complexity index is 1200. The monoisotopic (exact) mass is 390 g/mol. The molecule has 0 radical (unpaired) electrons. The molecule has 0 saturated heterocycles. The van der Waals surface area contributed by atoms with E-state index in [1.807, 2.05) is 48.5 Å². The first-order valence-corrected chi connectivity index (χ1v) is 10.2. The maximum absolute atomic E-state index is 6.14. The highest BCUT2D eigenvalue weighted by Crippen LogP contribution is 2.27. The van der Waals surface area contributed by atoms with Gasteiger partial charge in [0.1, 0.15) is 24.7 Å². The van der Waals surface area contributed by atoms with Crippen LogP contribution < -0.4 is 9.47 Å². The number of ether oxygens (including phenoxy) is 2. The maximum Gasteiger partial charge on any atom is 0.127 e. The molecule has 0 N–H and O–H groups in total. The Labute approximate surface area is 176 Å². The molecule has 0 saturated carbocycles. The second-order valence-corrected chi connectivity index (χ2v) is 7.35. The zero-order valence-corrected chi connectivity index (χ0v) is 16.6. The minimum atomic E-state index is 0.524. The van der Waals surface area contributed by atoms with E-state index < -0.39 is 0 Å². The van der Waals surface area contributed by atoms with Gasteiger partial charge in [-0.1, -0.05) is 91.0 Å². The molecule has 2 nitrogen and oxygen atoms in total. The molecule has 0 bridgehead atoms. The van der Waals surface area contributed by atoms with E-state index in [1.54, 1.807) is 0 Å². The van der Waals surface area contributed by atoms with E-state index in [0.29, 0.717) is 13.2 Å². The van der Waals surface area contributed by atoms with Crippen LogP contribution in [0.15, 0.2) is 109 Å². The highest BCUT2D eigenvalue weighted by Gasteiger charge is 2.05. The van der Waals surface area contributed by atoms with Crippen molar-refractivity contribution in [3.05, 3.63) is 120 Å². The van der Waals surface area contributed by atoms with Crippen LogP contribution in [0.25, 0.3) is 21.5 Å². The van der Waals surface area contributed by atoms with Crippen LogP contribution in [0.4, 0.5) is 0 Å². The lowest BCUT2D eigenvalue weighted by molar-refractivity contribution is 0.303. The number of hydrogen-bond donors (Lipinski definition) is 0. The quantitative estimate of drug-likeness (QED) is 0.306. The molecule has 146 valence electrons. The molecular weight excluding hydrogens is 368 g/mol. The van der Waals surface area contributed by atoms with Crippen LogP contribution in [0, 0.1) is 0 Å². The Balaban J connectivity index is 1.29. The fourth-order valence-corrected chi connectivity index (χ4v) is 3.77. The van der Waals surface area contributed by atoms with E-state index >= 15 is 0 Å². The molecule has 0 aliphatic heterocycles. The number of rotatable bonds is 6. The summed E-state index contributed by atoms with van der Waals surface area (Å²) in [5.41, 5.74) is 2.25. The van der Waals surface area contributed by atoms with Crippen LogP contribution in [-0.4, -0.2) is 0 Å². The lowest BCUT2D eigenvalue weighted by atomic mass is 10.1. The Kier molecular flexibility index (Phi) is 5.05. The summed E-state index contributed by atoms with van der Waals surface area (Å²) < 4.78 is 12.3. The molecule has 0 amide bonds. The van der Waals surface area contributed by atoms with E-state index in [4.69, 9.17) is 9.47 Å². The van der Waals surface area contributed by atoms with Gasteiger partial charge in [-0.25, -0.2) is 0 Å². The van der Waals surface area contributed by atoms with Gasteiger partial charge in [0.15, 0.2) is 0 Å². The van der Waals surface area contributed by atoms with Crippen LogP contribution in [-0.2, 0) is 13.2 Å². The minimum absolute atomic E-state index is 0.524. The first kappa shape index (κ1) is 18.3. The first-order chi connectivity index (χ1) is 14.9. The molecule has 0 heterocycles. The summed E-state index contributed by atoms with van der Waals surface area (Å²) in [6, 6.07) is 37.3. The third-order valence-corrected chi connectivity index (χ3v) is 5.28. The molecule has 5 rings (SSSR count). The topological polar surface area (TPSA) is 18.5 Å². The number of fused-ring (bicyclic) bond motifs is 2. The van der Waals surface area contributed by atoms with Crippen LogP contribution in [0.5, 0.6) is 11.5 Å². The Hall–Kier alpha value is -3.78. The molecule has 2 heteroatoms. The van der Waals surface area contributed by atoms with Crippen molar-refractivity contribution < 1.29 is 9.47 Å². The molecule has 0 aliphatic rings. The van der Waals surface area contributed by atoms with Gasteiger partial charge in [-0.05, 0) is 40.1 Å².